The summed E-state index contributed by atoms with van der Waals surface area (Å²) in [4.78, 5) is 13.5. The summed E-state index contributed by atoms with van der Waals surface area (Å²) in [5.41, 5.74) is 1.48. The van der Waals surface area contributed by atoms with E-state index in [4.69, 9.17) is 0 Å². The Balaban J connectivity index is 1.98. The van der Waals surface area contributed by atoms with Gasteiger partial charge in [-0.05, 0) is 40.8 Å². The van der Waals surface area contributed by atoms with Crippen molar-refractivity contribution in [3.8, 4) is 0 Å². The summed E-state index contributed by atoms with van der Waals surface area (Å²) >= 11 is 3.13. The van der Waals surface area contributed by atoms with E-state index in [-0.39, 0.29) is 11.7 Å². The molecule has 17 heavy (non-hydrogen) atoms. The van der Waals surface area contributed by atoms with Crippen LogP contribution in [0.5, 0.6) is 0 Å². The topological polar surface area (TPSA) is 32.3 Å². The molecule has 1 saturated carbocycles. The highest BCUT2D eigenvalue weighted by atomic mass is 79.9. The van der Waals surface area contributed by atoms with Gasteiger partial charge in [0.15, 0.2) is 0 Å². The lowest BCUT2D eigenvalue weighted by atomic mass is 10.1. The van der Waals surface area contributed by atoms with Gasteiger partial charge in [-0.15, -0.1) is 0 Å². The van der Waals surface area contributed by atoms with E-state index < -0.39 is 0 Å². The van der Waals surface area contributed by atoms with Crippen molar-refractivity contribution in [2.75, 3.05) is 23.3 Å². The SMILES string of the molecule is O=C1CN(CC2CC2)c2cc(F)c(Br)cc2N1. The molecule has 0 aromatic heterocycles. The van der Waals surface area contributed by atoms with E-state index in [1.807, 2.05) is 4.90 Å². The fraction of sp³-hybridized carbons (Fsp3) is 0.417. The van der Waals surface area contributed by atoms with Crippen LogP contribution in [0.1, 0.15) is 12.8 Å². The summed E-state index contributed by atoms with van der Waals surface area (Å²) in [6.45, 7) is 1.17. The molecule has 1 heterocycles. The molecule has 0 unspecified atom stereocenters. The molecule has 0 bridgehead atoms. The predicted octanol–water partition coefficient (Wildman–Crippen LogP) is 2.76. The van der Waals surface area contributed by atoms with Crippen molar-refractivity contribution >= 4 is 33.2 Å². The van der Waals surface area contributed by atoms with Gasteiger partial charge in [0.05, 0.1) is 22.4 Å². The zero-order valence-electron chi connectivity index (χ0n) is 9.17. The van der Waals surface area contributed by atoms with Gasteiger partial charge in [0.1, 0.15) is 5.82 Å². The lowest BCUT2D eigenvalue weighted by Crippen LogP contribution is -2.39. The van der Waals surface area contributed by atoms with Crippen LogP contribution >= 0.6 is 15.9 Å². The monoisotopic (exact) mass is 298 g/mol. The smallest absolute Gasteiger partial charge is 0.243 e. The first-order chi connectivity index (χ1) is 8.13. The third-order valence-corrected chi connectivity index (χ3v) is 3.77. The molecular weight excluding hydrogens is 287 g/mol. The van der Waals surface area contributed by atoms with Crippen LogP contribution in [0, 0.1) is 11.7 Å². The lowest BCUT2D eigenvalue weighted by molar-refractivity contribution is -0.115. The van der Waals surface area contributed by atoms with E-state index in [0.717, 1.165) is 12.2 Å². The van der Waals surface area contributed by atoms with Gasteiger partial charge in [-0.3, -0.25) is 4.79 Å². The fourth-order valence-electron chi connectivity index (χ4n) is 2.12. The zero-order valence-corrected chi connectivity index (χ0v) is 10.8. The molecule has 0 saturated heterocycles. The largest absolute Gasteiger partial charge is 0.360 e. The van der Waals surface area contributed by atoms with E-state index in [2.05, 4.69) is 21.2 Å². The fourth-order valence-corrected chi connectivity index (χ4v) is 2.46. The van der Waals surface area contributed by atoms with E-state index in [9.17, 15) is 9.18 Å². The maximum atomic E-state index is 13.5. The van der Waals surface area contributed by atoms with Crippen LogP contribution in [0.2, 0.25) is 0 Å². The molecule has 3 rings (SSSR count). The quantitative estimate of drug-likeness (QED) is 0.910. The number of amides is 1. The second kappa shape index (κ2) is 3.98. The molecular formula is C12H12BrFN2O. The third kappa shape index (κ3) is 2.16. The molecule has 0 atom stereocenters. The van der Waals surface area contributed by atoms with Gasteiger partial charge in [0, 0.05) is 12.6 Å². The summed E-state index contributed by atoms with van der Waals surface area (Å²) in [5.74, 6) is 0.345. The Labute approximate surface area is 107 Å². The summed E-state index contributed by atoms with van der Waals surface area (Å²) in [6, 6.07) is 3.11. The molecule has 90 valence electrons. The number of anilines is 2. The highest BCUT2D eigenvalue weighted by molar-refractivity contribution is 9.10. The number of nitrogens with zero attached hydrogens (tertiary/aromatic N) is 1. The number of fused-ring (bicyclic) bond motifs is 1. The molecule has 1 fully saturated rings. The van der Waals surface area contributed by atoms with E-state index in [1.165, 1.54) is 18.9 Å². The lowest BCUT2D eigenvalue weighted by Gasteiger charge is -2.31. The molecule has 3 nitrogen and oxygen atoms in total. The molecule has 1 amide bonds. The summed E-state index contributed by atoms with van der Waals surface area (Å²) in [6.07, 6.45) is 2.43. The Morgan fingerprint density at radius 2 is 2.24 bits per heavy atom. The van der Waals surface area contributed by atoms with Crippen LogP contribution in [0.4, 0.5) is 15.8 Å². The summed E-state index contributed by atoms with van der Waals surface area (Å²) in [7, 11) is 0. The van der Waals surface area contributed by atoms with Gasteiger partial charge < -0.3 is 10.2 Å². The van der Waals surface area contributed by atoms with E-state index in [1.54, 1.807) is 6.07 Å². The highest BCUT2D eigenvalue weighted by Gasteiger charge is 2.29. The Morgan fingerprint density at radius 3 is 2.94 bits per heavy atom. The Hall–Kier alpha value is -1.10. The van der Waals surface area contributed by atoms with Gasteiger partial charge in [-0.1, -0.05) is 0 Å². The minimum atomic E-state index is -0.291. The maximum Gasteiger partial charge on any atom is 0.243 e. The highest BCUT2D eigenvalue weighted by Crippen LogP contribution is 2.37. The maximum absolute atomic E-state index is 13.5. The number of halogens is 2. The molecule has 1 aromatic carbocycles. The van der Waals surface area contributed by atoms with Crippen LogP contribution in [-0.2, 0) is 4.79 Å². The van der Waals surface area contributed by atoms with Gasteiger partial charge in [0.25, 0.3) is 0 Å². The van der Waals surface area contributed by atoms with Crippen molar-refractivity contribution in [3.63, 3.8) is 0 Å². The zero-order chi connectivity index (χ0) is 12.0. The summed E-state index contributed by atoms with van der Waals surface area (Å²) < 4.78 is 13.9. The minimum absolute atomic E-state index is 0.0309. The number of benzene rings is 1. The van der Waals surface area contributed by atoms with Crippen LogP contribution in [0.25, 0.3) is 0 Å². The van der Waals surface area contributed by atoms with Crippen LogP contribution < -0.4 is 10.2 Å². The average Bonchev–Trinajstić information content (AvgIpc) is 3.05. The number of carbonyl (C=O) groups excluding carboxylic acids is 1. The number of hydrogen-bond acceptors (Lipinski definition) is 2. The van der Waals surface area contributed by atoms with E-state index in [0.29, 0.717) is 22.6 Å². The number of rotatable bonds is 2. The van der Waals surface area contributed by atoms with Crippen molar-refractivity contribution in [3.05, 3.63) is 22.4 Å². The first-order valence-corrected chi connectivity index (χ1v) is 6.46. The number of hydrogen-bond donors (Lipinski definition) is 1. The Kier molecular flexibility index (Phi) is 2.58. The minimum Gasteiger partial charge on any atom is -0.360 e. The molecule has 0 radical (unpaired) electrons. The first kappa shape index (κ1) is 11.0. The van der Waals surface area contributed by atoms with Crippen molar-refractivity contribution < 1.29 is 9.18 Å². The second-order valence-corrected chi connectivity index (χ2v) is 5.51. The van der Waals surface area contributed by atoms with Crippen LogP contribution in [0.15, 0.2) is 16.6 Å². The van der Waals surface area contributed by atoms with Crippen LogP contribution in [-0.4, -0.2) is 19.0 Å². The van der Waals surface area contributed by atoms with E-state index >= 15 is 0 Å². The number of nitrogens with one attached hydrogen (secondary N) is 1. The van der Waals surface area contributed by atoms with Gasteiger partial charge in [-0.2, -0.15) is 0 Å². The molecule has 2 aliphatic rings. The van der Waals surface area contributed by atoms with Crippen molar-refractivity contribution in [2.24, 2.45) is 5.92 Å². The van der Waals surface area contributed by atoms with Gasteiger partial charge in [-0.25, -0.2) is 4.39 Å². The van der Waals surface area contributed by atoms with Gasteiger partial charge in [0.2, 0.25) is 5.91 Å². The molecule has 1 aromatic rings. The second-order valence-electron chi connectivity index (χ2n) is 4.66. The average molecular weight is 299 g/mol. The Bertz CT molecular complexity index is 488. The molecule has 1 aliphatic heterocycles. The Morgan fingerprint density at radius 1 is 1.47 bits per heavy atom. The standard InChI is InChI=1S/C12H12BrFN2O/c13-8-3-10-11(4-9(8)14)16(5-7-1-2-7)6-12(17)15-10/h3-4,7H,1-2,5-6H2,(H,15,17). The third-order valence-electron chi connectivity index (χ3n) is 3.16. The van der Waals surface area contributed by atoms with Crippen molar-refractivity contribution in [1.82, 2.24) is 0 Å². The molecule has 0 spiro atoms. The summed E-state index contributed by atoms with van der Waals surface area (Å²) in [5, 5.41) is 2.77. The number of carbonyl (C=O) groups is 1. The van der Waals surface area contributed by atoms with Gasteiger partial charge >= 0.3 is 0 Å². The van der Waals surface area contributed by atoms with Crippen molar-refractivity contribution in [1.29, 1.82) is 0 Å². The van der Waals surface area contributed by atoms with Crippen LogP contribution in [0.3, 0.4) is 0 Å². The first-order valence-electron chi connectivity index (χ1n) is 5.67. The molecule has 1 N–H and O–H groups in total. The van der Waals surface area contributed by atoms with Crippen molar-refractivity contribution in [2.45, 2.75) is 12.8 Å². The molecule has 5 heteroatoms. The normalized spacial score (nSPS) is 18.9. The predicted molar refractivity (Wildman–Crippen MR) is 67.7 cm³/mol. The molecule has 1 aliphatic carbocycles.